The number of benzene rings is 1. The molecule has 0 aliphatic carbocycles. The molecule has 23 heavy (non-hydrogen) atoms. The molecular weight excluding hydrogens is 284 g/mol. The summed E-state index contributed by atoms with van der Waals surface area (Å²) in [5.41, 5.74) is 6.19. The van der Waals surface area contributed by atoms with Crippen molar-refractivity contribution in [1.29, 1.82) is 0 Å². The SMILES string of the molecule is C[C@@H]1CN(c2cc(C(C)(C)C)cc3c2CCN(C)C3)C[C@@H](C)O1. The second-order valence-corrected chi connectivity index (χ2v) is 8.53. The van der Waals surface area contributed by atoms with E-state index < -0.39 is 0 Å². The number of nitrogens with zero attached hydrogens (tertiary/aromatic N) is 2. The van der Waals surface area contributed by atoms with Gasteiger partial charge in [0.05, 0.1) is 12.2 Å². The van der Waals surface area contributed by atoms with Gasteiger partial charge in [0.1, 0.15) is 0 Å². The molecule has 1 saturated heterocycles. The number of morpholine rings is 1. The Kier molecular flexibility index (Phi) is 4.45. The Balaban J connectivity index is 2.05. The van der Waals surface area contributed by atoms with E-state index in [9.17, 15) is 0 Å². The van der Waals surface area contributed by atoms with Gasteiger partial charge in [-0.15, -0.1) is 0 Å². The van der Waals surface area contributed by atoms with Crippen molar-refractivity contribution >= 4 is 5.69 Å². The monoisotopic (exact) mass is 316 g/mol. The lowest BCUT2D eigenvalue weighted by Gasteiger charge is -2.40. The minimum atomic E-state index is 0.184. The van der Waals surface area contributed by atoms with Crippen LogP contribution < -0.4 is 4.90 Å². The number of likely N-dealkylation sites (N-methyl/N-ethyl adjacent to an activating group) is 1. The van der Waals surface area contributed by atoms with Crippen LogP contribution in [0, 0.1) is 0 Å². The second kappa shape index (κ2) is 6.10. The highest BCUT2D eigenvalue weighted by atomic mass is 16.5. The fraction of sp³-hybridized carbons (Fsp3) is 0.700. The summed E-state index contributed by atoms with van der Waals surface area (Å²) in [5.74, 6) is 0. The van der Waals surface area contributed by atoms with Crippen molar-refractivity contribution in [2.45, 2.75) is 65.2 Å². The van der Waals surface area contributed by atoms with Gasteiger partial charge in [-0.05, 0) is 55.5 Å². The zero-order chi connectivity index (χ0) is 16.8. The number of hydrogen-bond donors (Lipinski definition) is 0. The van der Waals surface area contributed by atoms with Crippen molar-refractivity contribution in [2.24, 2.45) is 0 Å². The van der Waals surface area contributed by atoms with Gasteiger partial charge in [-0.1, -0.05) is 26.8 Å². The maximum Gasteiger partial charge on any atom is 0.0726 e. The molecule has 0 saturated carbocycles. The molecule has 0 radical (unpaired) electrons. The van der Waals surface area contributed by atoms with E-state index >= 15 is 0 Å². The fourth-order valence-electron chi connectivity index (χ4n) is 3.91. The van der Waals surface area contributed by atoms with Crippen molar-refractivity contribution in [2.75, 3.05) is 31.6 Å². The van der Waals surface area contributed by atoms with Crippen molar-refractivity contribution < 1.29 is 4.74 Å². The molecule has 2 heterocycles. The second-order valence-electron chi connectivity index (χ2n) is 8.53. The average Bonchev–Trinajstić information content (AvgIpc) is 2.43. The highest BCUT2D eigenvalue weighted by Gasteiger charge is 2.28. The lowest BCUT2D eigenvalue weighted by atomic mass is 9.83. The maximum absolute atomic E-state index is 5.95. The minimum absolute atomic E-state index is 0.184. The number of hydrogen-bond acceptors (Lipinski definition) is 3. The molecule has 0 bridgehead atoms. The number of rotatable bonds is 1. The van der Waals surface area contributed by atoms with Crippen LogP contribution in [-0.4, -0.2) is 43.8 Å². The zero-order valence-corrected chi connectivity index (χ0v) is 15.6. The fourth-order valence-corrected chi connectivity index (χ4v) is 3.91. The van der Waals surface area contributed by atoms with Gasteiger partial charge in [-0.2, -0.15) is 0 Å². The van der Waals surface area contributed by atoms with Crippen LogP contribution in [-0.2, 0) is 23.1 Å². The number of ether oxygens (including phenoxy) is 1. The summed E-state index contributed by atoms with van der Waals surface area (Å²) >= 11 is 0. The van der Waals surface area contributed by atoms with Crippen molar-refractivity contribution in [3.63, 3.8) is 0 Å². The molecular formula is C20H32N2O. The lowest BCUT2D eigenvalue weighted by Crippen LogP contribution is -2.46. The van der Waals surface area contributed by atoms with Gasteiger partial charge < -0.3 is 14.5 Å². The molecule has 128 valence electrons. The number of fused-ring (bicyclic) bond motifs is 1. The molecule has 2 aliphatic rings. The maximum atomic E-state index is 5.95. The lowest BCUT2D eigenvalue weighted by molar-refractivity contribution is -0.00529. The summed E-state index contributed by atoms with van der Waals surface area (Å²) in [6.45, 7) is 15.6. The van der Waals surface area contributed by atoms with E-state index in [1.807, 2.05) is 0 Å². The van der Waals surface area contributed by atoms with Crippen molar-refractivity contribution in [1.82, 2.24) is 4.90 Å². The van der Waals surface area contributed by atoms with Crippen LogP contribution in [0.3, 0.4) is 0 Å². The van der Waals surface area contributed by atoms with Crippen LogP contribution in [0.25, 0.3) is 0 Å². The van der Waals surface area contributed by atoms with Gasteiger partial charge in [0.15, 0.2) is 0 Å². The highest BCUT2D eigenvalue weighted by Crippen LogP contribution is 2.36. The van der Waals surface area contributed by atoms with Crippen LogP contribution in [0.5, 0.6) is 0 Å². The van der Waals surface area contributed by atoms with E-state index in [-0.39, 0.29) is 5.41 Å². The van der Waals surface area contributed by atoms with E-state index in [1.165, 1.54) is 16.8 Å². The molecule has 1 fully saturated rings. The number of anilines is 1. The highest BCUT2D eigenvalue weighted by molar-refractivity contribution is 5.61. The van der Waals surface area contributed by atoms with Gasteiger partial charge in [-0.25, -0.2) is 0 Å². The Morgan fingerprint density at radius 3 is 2.35 bits per heavy atom. The molecule has 0 N–H and O–H groups in total. The van der Waals surface area contributed by atoms with E-state index in [0.29, 0.717) is 12.2 Å². The molecule has 0 spiro atoms. The molecule has 1 aromatic carbocycles. The molecule has 1 aromatic rings. The Morgan fingerprint density at radius 1 is 1.09 bits per heavy atom. The minimum Gasteiger partial charge on any atom is -0.372 e. The Morgan fingerprint density at radius 2 is 1.74 bits per heavy atom. The van der Waals surface area contributed by atoms with Crippen LogP contribution in [0.2, 0.25) is 0 Å². The molecule has 0 unspecified atom stereocenters. The first-order valence-electron chi connectivity index (χ1n) is 8.99. The zero-order valence-electron chi connectivity index (χ0n) is 15.6. The van der Waals surface area contributed by atoms with Gasteiger partial charge >= 0.3 is 0 Å². The molecule has 2 aliphatic heterocycles. The summed E-state index contributed by atoms with van der Waals surface area (Å²) in [6.07, 6.45) is 1.77. The molecule has 3 nitrogen and oxygen atoms in total. The van der Waals surface area contributed by atoms with Crippen molar-refractivity contribution in [3.05, 3.63) is 28.8 Å². The smallest absolute Gasteiger partial charge is 0.0726 e. The van der Waals surface area contributed by atoms with E-state index in [2.05, 4.69) is 63.6 Å². The molecule has 0 amide bonds. The summed E-state index contributed by atoms with van der Waals surface area (Å²) < 4.78 is 5.95. The largest absolute Gasteiger partial charge is 0.372 e. The quantitative estimate of drug-likeness (QED) is 0.787. The van der Waals surface area contributed by atoms with E-state index in [0.717, 1.165) is 32.6 Å². The van der Waals surface area contributed by atoms with Gasteiger partial charge in [0, 0.05) is 31.9 Å². The van der Waals surface area contributed by atoms with Crippen molar-refractivity contribution in [3.8, 4) is 0 Å². The average molecular weight is 316 g/mol. The van der Waals surface area contributed by atoms with Crippen LogP contribution in [0.15, 0.2) is 12.1 Å². The van der Waals surface area contributed by atoms with Gasteiger partial charge in [0.25, 0.3) is 0 Å². The van der Waals surface area contributed by atoms with Crippen LogP contribution >= 0.6 is 0 Å². The summed E-state index contributed by atoms with van der Waals surface area (Å²) in [5, 5.41) is 0. The Bertz CT molecular complexity index is 566. The first-order chi connectivity index (χ1) is 10.7. The standard InChI is InChI=1S/C20H32N2O/c1-14-11-22(12-15(2)23-14)19-10-17(20(3,4)5)9-16-13-21(6)8-7-18(16)19/h9-10,14-15H,7-8,11-13H2,1-6H3/t14-,15-/m1/s1. The third kappa shape index (κ3) is 3.56. The molecule has 0 aromatic heterocycles. The summed E-state index contributed by atoms with van der Waals surface area (Å²) in [4.78, 5) is 5.00. The van der Waals surface area contributed by atoms with E-state index in [1.54, 1.807) is 5.56 Å². The van der Waals surface area contributed by atoms with Crippen LogP contribution in [0.4, 0.5) is 5.69 Å². The topological polar surface area (TPSA) is 15.7 Å². The van der Waals surface area contributed by atoms with Crippen LogP contribution in [0.1, 0.15) is 51.3 Å². The Hall–Kier alpha value is -1.06. The Labute approximate surface area is 141 Å². The predicted octanol–water partition coefficient (Wildman–Crippen LogP) is 3.59. The predicted molar refractivity (Wildman–Crippen MR) is 97.4 cm³/mol. The normalized spacial score (nSPS) is 26.3. The van der Waals surface area contributed by atoms with Gasteiger partial charge in [-0.3, -0.25) is 0 Å². The first-order valence-corrected chi connectivity index (χ1v) is 8.99. The molecule has 3 rings (SSSR count). The molecule has 2 atom stereocenters. The summed E-state index contributed by atoms with van der Waals surface area (Å²) in [7, 11) is 2.23. The van der Waals surface area contributed by atoms with E-state index in [4.69, 9.17) is 4.74 Å². The first kappa shape index (κ1) is 16.8. The summed E-state index contributed by atoms with van der Waals surface area (Å²) in [6, 6.07) is 4.90. The third-order valence-electron chi connectivity index (χ3n) is 5.13. The molecule has 3 heteroatoms. The van der Waals surface area contributed by atoms with Gasteiger partial charge in [0.2, 0.25) is 0 Å². The third-order valence-corrected chi connectivity index (χ3v) is 5.13.